The molecule has 0 bridgehead atoms. The normalized spacial score (nSPS) is 11.8. The number of hydrogen-bond acceptors (Lipinski definition) is 7. The van der Waals surface area contributed by atoms with E-state index in [1.807, 2.05) is 6.92 Å². The van der Waals surface area contributed by atoms with Gasteiger partial charge in [-0.15, -0.1) is 0 Å². The van der Waals surface area contributed by atoms with Crippen molar-refractivity contribution in [2.75, 3.05) is 20.3 Å². The minimum Gasteiger partial charge on any atom is -0.487 e. The number of ether oxygens (including phenoxy) is 2. The number of aromatic nitrogens is 1. The van der Waals surface area contributed by atoms with Crippen LogP contribution < -0.4 is 10.2 Å². The van der Waals surface area contributed by atoms with Crippen LogP contribution in [-0.2, 0) is 11.3 Å². The Balaban J connectivity index is 3.40. The van der Waals surface area contributed by atoms with Gasteiger partial charge in [0.1, 0.15) is 6.04 Å². The van der Waals surface area contributed by atoms with Crippen molar-refractivity contribution < 1.29 is 19.4 Å². The van der Waals surface area contributed by atoms with E-state index in [0.29, 0.717) is 6.42 Å². The summed E-state index contributed by atoms with van der Waals surface area (Å²) in [4.78, 5) is 35.0. The molecule has 1 atom stereocenters. The molecule has 1 unspecified atom stereocenters. The topological polar surface area (TPSA) is 107 Å². The molecule has 0 aliphatic heterocycles. The summed E-state index contributed by atoms with van der Waals surface area (Å²) in [7, 11) is 1.18. The molecule has 1 heterocycles. The number of aliphatic hydroxyl groups is 1. The fourth-order valence-electron chi connectivity index (χ4n) is 1.86. The summed E-state index contributed by atoms with van der Waals surface area (Å²) in [5.74, 6) is -0.925. The van der Waals surface area contributed by atoms with Crippen LogP contribution in [0.3, 0.4) is 0 Å². The van der Waals surface area contributed by atoms with Gasteiger partial charge in [-0.3, -0.25) is 4.79 Å². The lowest BCUT2D eigenvalue weighted by atomic mass is 10.2. The number of carbonyl (C=O) groups is 1. The Hall–Kier alpha value is -1.74. The van der Waals surface area contributed by atoms with E-state index in [1.54, 1.807) is 0 Å². The predicted molar refractivity (Wildman–Crippen MR) is 86.8 cm³/mol. The zero-order chi connectivity index (χ0) is 17.4. The monoisotopic (exact) mass is 390 g/mol. The molecule has 0 aliphatic rings. The molecule has 0 amide bonds. The smallest absolute Gasteiger partial charge is 0.358 e. The van der Waals surface area contributed by atoms with Gasteiger partial charge in [-0.2, -0.15) is 4.91 Å². The first-order chi connectivity index (χ1) is 11.0. The van der Waals surface area contributed by atoms with Gasteiger partial charge >= 0.3 is 5.97 Å². The summed E-state index contributed by atoms with van der Waals surface area (Å²) >= 11 is 3.11. The molecule has 0 fully saturated rings. The van der Waals surface area contributed by atoms with Crippen molar-refractivity contribution in [2.45, 2.75) is 32.4 Å². The molecule has 0 aliphatic carbocycles. The van der Waals surface area contributed by atoms with Crippen molar-refractivity contribution in [3.63, 3.8) is 0 Å². The Morgan fingerprint density at radius 3 is 2.74 bits per heavy atom. The van der Waals surface area contributed by atoms with Crippen LogP contribution in [-0.4, -0.2) is 42.0 Å². The largest absolute Gasteiger partial charge is 0.487 e. The van der Waals surface area contributed by atoms with E-state index in [4.69, 9.17) is 14.6 Å². The van der Waals surface area contributed by atoms with E-state index in [0.717, 1.165) is 6.42 Å². The molecule has 128 valence electrons. The van der Waals surface area contributed by atoms with Crippen LogP contribution >= 0.6 is 15.9 Å². The summed E-state index contributed by atoms with van der Waals surface area (Å²) in [6.45, 7) is 1.65. The van der Waals surface area contributed by atoms with Crippen molar-refractivity contribution in [1.82, 2.24) is 4.57 Å². The highest BCUT2D eigenvalue weighted by Crippen LogP contribution is 2.20. The molecule has 1 N–H and O–H groups in total. The Morgan fingerprint density at radius 1 is 1.52 bits per heavy atom. The van der Waals surface area contributed by atoms with Crippen LogP contribution in [0.15, 0.2) is 20.6 Å². The first-order valence-electron chi connectivity index (χ1n) is 7.07. The number of unbranched alkanes of at least 4 members (excludes halogenated alkanes) is 1. The van der Waals surface area contributed by atoms with Crippen molar-refractivity contribution in [3.05, 3.63) is 31.5 Å². The maximum absolute atomic E-state index is 12.3. The molecule has 1 aromatic heterocycles. The van der Waals surface area contributed by atoms with E-state index < -0.39 is 24.0 Å². The van der Waals surface area contributed by atoms with E-state index in [1.165, 1.54) is 17.9 Å². The standard InChI is InChI=1S/C14H19BrN2O6/c1-3-4-5-23-13-11(14(20)22-2)17(6-9(8-18)16-21)7-10(15)12(13)19/h7,9,18H,3-6,8H2,1-2H3. The van der Waals surface area contributed by atoms with Crippen LogP contribution in [0.25, 0.3) is 0 Å². The molecule has 23 heavy (non-hydrogen) atoms. The Morgan fingerprint density at radius 2 is 2.22 bits per heavy atom. The van der Waals surface area contributed by atoms with Crippen LogP contribution in [0, 0.1) is 4.91 Å². The van der Waals surface area contributed by atoms with E-state index >= 15 is 0 Å². The summed E-state index contributed by atoms with van der Waals surface area (Å²) in [5.41, 5.74) is -0.601. The number of aliphatic hydroxyl groups excluding tert-OH is 1. The minimum absolute atomic E-state index is 0.0898. The number of esters is 1. The molecule has 9 heteroatoms. The molecule has 0 saturated heterocycles. The maximum atomic E-state index is 12.3. The van der Waals surface area contributed by atoms with Crippen LogP contribution in [0.2, 0.25) is 0 Å². The molecule has 8 nitrogen and oxygen atoms in total. The van der Waals surface area contributed by atoms with Gasteiger partial charge in [0.2, 0.25) is 5.43 Å². The summed E-state index contributed by atoms with van der Waals surface area (Å²) in [6.07, 6.45) is 2.91. The second-order valence-electron chi connectivity index (χ2n) is 4.77. The molecular formula is C14H19BrN2O6. The van der Waals surface area contributed by atoms with Gasteiger partial charge in [0.25, 0.3) is 0 Å². The number of nitrogens with zero attached hydrogens (tertiary/aromatic N) is 2. The zero-order valence-electron chi connectivity index (χ0n) is 13.0. The molecular weight excluding hydrogens is 372 g/mol. The van der Waals surface area contributed by atoms with Gasteiger partial charge in [-0.1, -0.05) is 18.5 Å². The molecule has 0 radical (unpaired) electrons. The first kappa shape index (κ1) is 19.3. The molecule has 1 aromatic rings. The highest BCUT2D eigenvalue weighted by Gasteiger charge is 2.24. The molecule has 1 rings (SSSR count). The van der Waals surface area contributed by atoms with Gasteiger partial charge in [0, 0.05) is 6.20 Å². The van der Waals surface area contributed by atoms with Crippen molar-refractivity contribution >= 4 is 21.9 Å². The summed E-state index contributed by atoms with van der Waals surface area (Å²) in [6, 6.07) is -0.962. The third-order valence-corrected chi connectivity index (χ3v) is 3.65. The quantitative estimate of drug-likeness (QED) is 0.390. The van der Waals surface area contributed by atoms with Crippen LogP contribution in [0.5, 0.6) is 5.75 Å². The third-order valence-electron chi connectivity index (χ3n) is 3.08. The lowest BCUT2D eigenvalue weighted by Crippen LogP contribution is -2.27. The van der Waals surface area contributed by atoms with Crippen molar-refractivity contribution in [3.8, 4) is 5.75 Å². The van der Waals surface area contributed by atoms with Gasteiger partial charge < -0.3 is 19.1 Å². The van der Waals surface area contributed by atoms with E-state index in [-0.39, 0.29) is 29.1 Å². The molecule has 0 spiro atoms. The Kier molecular flexibility index (Phi) is 7.90. The van der Waals surface area contributed by atoms with Crippen LogP contribution in [0.4, 0.5) is 0 Å². The van der Waals surface area contributed by atoms with Crippen LogP contribution in [0.1, 0.15) is 30.3 Å². The van der Waals surface area contributed by atoms with Gasteiger partial charge in [0.15, 0.2) is 11.4 Å². The lowest BCUT2D eigenvalue weighted by Gasteiger charge is -2.18. The average molecular weight is 391 g/mol. The van der Waals surface area contributed by atoms with Gasteiger partial charge in [-0.25, -0.2) is 4.79 Å². The Labute approximate surface area is 141 Å². The van der Waals surface area contributed by atoms with Crippen molar-refractivity contribution in [1.29, 1.82) is 0 Å². The fraction of sp³-hybridized carbons (Fsp3) is 0.571. The number of hydrogen-bond donors (Lipinski definition) is 1. The minimum atomic E-state index is -0.962. The highest BCUT2D eigenvalue weighted by molar-refractivity contribution is 9.10. The number of rotatable bonds is 9. The SMILES string of the molecule is CCCCOc1c(C(=O)OC)n(CC(CO)N=O)cc(Br)c1=O. The zero-order valence-corrected chi connectivity index (χ0v) is 14.5. The average Bonchev–Trinajstić information content (AvgIpc) is 2.56. The second kappa shape index (κ2) is 9.41. The number of pyridine rings is 1. The van der Waals surface area contributed by atoms with Gasteiger partial charge in [-0.05, 0) is 22.4 Å². The Bertz CT molecular complexity index is 616. The third kappa shape index (κ3) is 4.87. The summed E-state index contributed by atoms with van der Waals surface area (Å²) in [5, 5.41) is 11.9. The number of halogens is 1. The number of nitroso groups, excluding NO2 is 1. The molecule has 0 aromatic carbocycles. The first-order valence-corrected chi connectivity index (χ1v) is 7.86. The molecule has 0 saturated carbocycles. The fourth-order valence-corrected chi connectivity index (χ4v) is 2.29. The predicted octanol–water partition coefficient (Wildman–Crippen LogP) is 1.70. The van der Waals surface area contributed by atoms with E-state index in [2.05, 4.69) is 21.1 Å². The lowest BCUT2D eigenvalue weighted by molar-refractivity contribution is 0.0579. The maximum Gasteiger partial charge on any atom is 0.358 e. The van der Waals surface area contributed by atoms with E-state index in [9.17, 15) is 14.5 Å². The summed E-state index contributed by atoms with van der Waals surface area (Å²) < 4.78 is 11.7. The highest BCUT2D eigenvalue weighted by atomic mass is 79.9. The van der Waals surface area contributed by atoms with Crippen molar-refractivity contribution in [2.24, 2.45) is 5.18 Å². The number of carbonyl (C=O) groups excluding carboxylic acids is 1. The van der Waals surface area contributed by atoms with Gasteiger partial charge in [0.05, 0.1) is 31.3 Å². The second-order valence-corrected chi connectivity index (χ2v) is 5.63. The number of methoxy groups -OCH3 is 1.